The number of carbonyl (C=O) groups excluding carboxylic acids is 1. The molecule has 1 amide bonds. The van der Waals surface area contributed by atoms with Crippen molar-refractivity contribution in [3.05, 3.63) is 0 Å². The van der Waals surface area contributed by atoms with Gasteiger partial charge in [0, 0.05) is 18.5 Å². The number of hydrogen-bond acceptors (Lipinski definition) is 2. The molecule has 0 aromatic rings. The molecule has 92 valence electrons. The maximum absolute atomic E-state index is 12.5. The molecule has 16 heavy (non-hydrogen) atoms. The van der Waals surface area contributed by atoms with E-state index < -0.39 is 12.8 Å². The second-order valence-electron chi connectivity index (χ2n) is 5.17. The van der Waals surface area contributed by atoms with Gasteiger partial charge in [0.1, 0.15) is 12.8 Å². The second kappa shape index (κ2) is 4.70. The van der Waals surface area contributed by atoms with Gasteiger partial charge in [0.25, 0.3) is 0 Å². The molecular weight excluding hydrogens is 209 g/mol. The molecule has 0 aromatic carbocycles. The van der Waals surface area contributed by atoms with Crippen molar-refractivity contribution in [2.24, 2.45) is 5.41 Å². The number of rotatable bonds is 2. The van der Waals surface area contributed by atoms with Crippen molar-refractivity contribution in [1.82, 2.24) is 4.90 Å². The predicted molar refractivity (Wildman–Crippen MR) is 58.9 cm³/mol. The van der Waals surface area contributed by atoms with Gasteiger partial charge in [-0.2, -0.15) is 0 Å². The number of ether oxygens (including phenoxy) is 1. The Morgan fingerprint density at radius 1 is 1.50 bits per heavy atom. The van der Waals surface area contributed by atoms with Gasteiger partial charge < -0.3 is 9.64 Å². The van der Waals surface area contributed by atoms with E-state index in [1.807, 2.05) is 6.92 Å². The van der Waals surface area contributed by atoms with Crippen molar-refractivity contribution in [3.63, 3.8) is 0 Å². The minimum absolute atomic E-state index is 0.196. The molecule has 1 aliphatic heterocycles. The molecule has 0 spiro atoms. The second-order valence-corrected chi connectivity index (χ2v) is 5.17. The molecule has 1 heterocycles. The zero-order valence-corrected chi connectivity index (χ0v) is 9.88. The van der Waals surface area contributed by atoms with Gasteiger partial charge in [-0.15, -0.1) is 0 Å². The molecule has 3 nitrogen and oxygen atoms in total. The average Bonchev–Trinajstić information content (AvgIpc) is 2.76. The Morgan fingerprint density at radius 2 is 2.19 bits per heavy atom. The highest BCUT2D eigenvalue weighted by Gasteiger charge is 2.40. The predicted octanol–water partition coefficient (Wildman–Crippen LogP) is 1.76. The number of hydrogen-bond donors (Lipinski definition) is 0. The SMILES string of the molecule is CC1(C(=O)N2CCO[C@H](CF)C2)CCCC1. The van der Waals surface area contributed by atoms with Crippen LogP contribution >= 0.6 is 0 Å². The first-order chi connectivity index (χ1) is 7.65. The Balaban J connectivity index is 1.98. The maximum Gasteiger partial charge on any atom is 0.228 e. The molecule has 0 N–H and O–H groups in total. The number of carbonyl (C=O) groups is 1. The van der Waals surface area contributed by atoms with Crippen LogP contribution in [0, 0.1) is 5.41 Å². The molecule has 1 saturated heterocycles. The van der Waals surface area contributed by atoms with Crippen molar-refractivity contribution in [2.75, 3.05) is 26.4 Å². The summed E-state index contributed by atoms with van der Waals surface area (Å²) in [6.07, 6.45) is 3.81. The van der Waals surface area contributed by atoms with Crippen LogP contribution in [0.15, 0.2) is 0 Å². The Morgan fingerprint density at radius 3 is 2.81 bits per heavy atom. The molecule has 0 aromatic heterocycles. The van der Waals surface area contributed by atoms with Crippen molar-refractivity contribution in [1.29, 1.82) is 0 Å². The minimum Gasteiger partial charge on any atom is -0.372 e. The standard InChI is InChI=1S/C12H20FNO2/c1-12(4-2-3-5-12)11(15)14-6-7-16-10(8-13)9-14/h10H,2-9H2,1H3/t10-/m1/s1. The van der Waals surface area contributed by atoms with Crippen LogP contribution < -0.4 is 0 Å². The van der Waals surface area contributed by atoms with Crippen molar-refractivity contribution >= 4 is 5.91 Å². The molecule has 2 rings (SSSR count). The Hall–Kier alpha value is -0.640. The summed E-state index contributed by atoms with van der Waals surface area (Å²) < 4.78 is 17.8. The summed E-state index contributed by atoms with van der Waals surface area (Å²) in [6, 6.07) is 0. The Bertz CT molecular complexity index is 264. The fraction of sp³-hybridized carbons (Fsp3) is 0.917. The van der Waals surface area contributed by atoms with Crippen LogP contribution in [0.1, 0.15) is 32.6 Å². The first-order valence-corrected chi connectivity index (χ1v) is 6.13. The Labute approximate surface area is 95.9 Å². The number of morpholine rings is 1. The van der Waals surface area contributed by atoms with Gasteiger partial charge in [-0.1, -0.05) is 19.8 Å². The largest absolute Gasteiger partial charge is 0.372 e. The van der Waals surface area contributed by atoms with E-state index in [9.17, 15) is 9.18 Å². The van der Waals surface area contributed by atoms with Gasteiger partial charge in [0.2, 0.25) is 5.91 Å². The fourth-order valence-corrected chi connectivity index (χ4v) is 2.75. The van der Waals surface area contributed by atoms with Crippen LogP contribution in [0.5, 0.6) is 0 Å². The van der Waals surface area contributed by atoms with Crippen LogP contribution in [0.3, 0.4) is 0 Å². The van der Waals surface area contributed by atoms with Crippen LogP contribution in [0.25, 0.3) is 0 Å². The molecule has 0 unspecified atom stereocenters. The highest BCUT2D eigenvalue weighted by atomic mass is 19.1. The van der Waals surface area contributed by atoms with E-state index in [1.54, 1.807) is 4.90 Å². The van der Waals surface area contributed by atoms with E-state index >= 15 is 0 Å². The maximum atomic E-state index is 12.5. The van der Waals surface area contributed by atoms with E-state index in [0.29, 0.717) is 19.7 Å². The van der Waals surface area contributed by atoms with Gasteiger partial charge in [-0.25, -0.2) is 4.39 Å². The third-order valence-corrected chi connectivity index (χ3v) is 3.82. The molecular formula is C12H20FNO2. The van der Waals surface area contributed by atoms with Crippen LogP contribution in [-0.2, 0) is 9.53 Å². The molecule has 0 radical (unpaired) electrons. The zero-order chi connectivity index (χ0) is 11.6. The lowest BCUT2D eigenvalue weighted by Crippen LogP contribution is -2.50. The lowest BCUT2D eigenvalue weighted by atomic mass is 9.87. The van der Waals surface area contributed by atoms with Gasteiger partial charge in [0.15, 0.2) is 0 Å². The van der Waals surface area contributed by atoms with Gasteiger partial charge in [-0.05, 0) is 12.8 Å². The average molecular weight is 229 g/mol. The summed E-state index contributed by atoms with van der Waals surface area (Å²) in [5, 5.41) is 0. The molecule has 1 atom stereocenters. The molecule has 2 fully saturated rings. The monoisotopic (exact) mass is 229 g/mol. The number of halogens is 1. The molecule has 1 saturated carbocycles. The van der Waals surface area contributed by atoms with E-state index in [0.717, 1.165) is 25.7 Å². The lowest BCUT2D eigenvalue weighted by molar-refractivity contribution is -0.149. The highest BCUT2D eigenvalue weighted by molar-refractivity contribution is 5.82. The van der Waals surface area contributed by atoms with Crippen molar-refractivity contribution in [3.8, 4) is 0 Å². The van der Waals surface area contributed by atoms with E-state index in [4.69, 9.17) is 4.74 Å². The smallest absolute Gasteiger partial charge is 0.228 e. The molecule has 4 heteroatoms. The lowest BCUT2D eigenvalue weighted by Gasteiger charge is -2.36. The van der Waals surface area contributed by atoms with Gasteiger partial charge in [0.05, 0.1) is 6.61 Å². The molecule has 1 aliphatic carbocycles. The summed E-state index contributed by atoms with van der Waals surface area (Å²) in [4.78, 5) is 14.1. The normalized spacial score (nSPS) is 29.4. The van der Waals surface area contributed by atoms with E-state index in [2.05, 4.69) is 0 Å². The summed E-state index contributed by atoms with van der Waals surface area (Å²) in [6.45, 7) is 3.05. The summed E-state index contributed by atoms with van der Waals surface area (Å²) >= 11 is 0. The molecule has 0 bridgehead atoms. The summed E-state index contributed by atoms with van der Waals surface area (Å²) in [5.41, 5.74) is -0.196. The van der Waals surface area contributed by atoms with E-state index in [-0.39, 0.29) is 11.3 Å². The zero-order valence-electron chi connectivity index (χ0n) is 9.88. The first-order valence-electron chi connectivity index (χ1n) is 6.13. The van der Waals surface area contributed by atoms with Crippen molar-refractivity contribution in [2.45, 2.75) is 38.7 Å². The number of nitrogens with zero attached hydrogens (tertiary/aromatic N) is 1. The topological polar surface area (TPSA) is 29.5 Å². The van der Waals surface area contributed by atoms with Gasteiger partial charge >= 0.3 is 0 Å². The Kier molecular flexibility index (Phi) is 3.47. The number of amides is 1. The number of alkyl halides is 1. The van der Waals surface area contributed by atoms with Crippen LogP contribution in [-0.4, -0.2) is 43.3 Å². The highest BCUT2D eigenvalue weighted by Crippen LogP contribution is 2.39. The third kappa shape index (κ3) is 2.21. The van der Waals surface area contributed by atoms with E-state index in [1.165, 1.54) is 0 Å². The molecule has 2 aliphatic rings. The minimum atomic E-state index is -0.500. The van der Waals surface area contributed by atoms with Gasteiger partial charge in [-0.3, -0.25) is 4.79 Å². The third-order valence-electron chi connectivity index (χ3n) is 3.82. The van der Waals surface area contributed by atoms with Crippen molar-refractivity contribution < 1.29 is 13.9 Å². The fourth-order valence-electron chi connectivity index (χ4n) is 2.75. The summed E-state index contributed by atoms with van der Waals surface area (Å²) in [5.74, 6) is 0.201. The quantitative estimate of drug-likeness (QED) is 0.722. The van der Waals surface area contributed by atoms with Crippen LogP contribution in [0.2, 0.25) is 0 Å². The first kappa shape index (κ1) is 11.8. The summed E-state index contributed by atoms with van der Waals surface area (Å²) in [7, 11) is 0. The van der Waals surface area contributed by atoms with Crippen LogP contribution in [0.4, 0.5) is 4.39 Å².